The zero-order chi connectivity index (χ0) is 16.7. The van der Waals surface area contributed by atoms with Gasteiger partial charge in [-0.1, -0.05) is 6.42 Å². The summed E-state index contributed by atoms with van der Waals surface area (Å²) in [7, 11) is -3.18. The van der Waals surface area contributed by atoms with E-state index in [2.05, 4.69) is 10.2 Å². The highest BCUT2D eigenvalue weighted by Crippen LogP contribution is 2.19. The van der Waals surface area contributed by atoms with Gasteiger partial charge in [-0.15, -0.1) is 0 Å². The Balaban J connectivity index is 1.68. The number of carbonyl (C=O) groups excluding carboxylic acids is 1. The number of rotatable bonds is 7. The van der Waals surface area contributed by atoms with Gasteiger partial charge in [-0.25, -0.2) is 12.7 Å². The van der Waals surface area contributed by atoms with Gasteiger partial charge >= 0.3 is 0 Å². The molecule has 0 aliphatic carbocycles. The number of nitrogens with zero attached hydrogens (tertiary/aromatic N) is 2. The average Bonchev–Trinajstić information content (AvgIpc) is 2.59. The highest BCUT2D eigenvalue weighted by molar-refractivity contribution is 7.89. The van der Waals surface area contributed by atoms with Crippen molar-refractivity contribution in [2.75, 3.05) is 45.0 Å². The number of carbonyl (C=O) groups is 1. The first-order valence-electron chi connectivity index (χ1n) is 9.01. The maximum atomic E-state index is 12.3. The minimum Gasteiger partial charge on any atom is -0.356 e. The van der Waals surface area contributed by atoms with Crippen LogP contribution in [0.15, 0.2) is 0 Å². The smallest absolute Gasteiger partial charge is 0.224 e. The van der Waals surface area contributed by atoms with Gasteiger partial charge in [0.2, 0.25) is 15.9 Å². The number of hydrogen-bond donors (Lipinski definition) is 1. The molecule has 0 unspecified atom stereocenters. The molecular formula is C16H31N3O3S. The summed E-state index contributed by atoms with van der Waals surface area (Å²) in [5.41, 5.74) is 0. The summed E-state index contributed by atoms with van der Waals surface area (Å²) in [4.78, 5) is 14.7. The third kappa shape index (κ3) is 5.72. The van der Waals surface area contributed by atoms with Crippen molar-refractivity contribution in [1.29, 1.82) is 0 Å². The third-order valence-electron chi connectivity index (χ3n) is 4.91. The molecule has 0 aromatic carbocycles. The van der Waals surface area contributed by atoms with Crippen molar-refractivity contribution >= 4 is 15.9 Å². The van der Waals surface area contributed by atoms with Crippen LogP contribution in [-0.2, 0) is 14.8 Å². The maximum Gasteiger partial charge on any atom is 0.224 e. The largest absolute Gasteiger partial charge is 0.356 e. The summed E-state index contributed by atoms with van der Waals surface area (Å²) in [6, 6.07) is 0. The van der Waals surface area contributed by atoms with E-state index in [1.54, 1.807) is 6.92 Å². The van der Waals surface area contributed by atoms with Gasteiger partial charge in [0.1, 0.15) is 0 Å². The van der Waals surface area contributed by atoms with Gasteiger partial charge in [-0.05, 0) is 58.7 Å². The molecule has 134 valence electrons. The van der Waals surface area contributed by atoms with Crippen molar-refractivity contribution in [2.24, 2.45) is 5.92 Å². The summed E-state index contributed by atoms with van der Waals surface area (Å²) in [6.07, 6.45) is 6.44. The van der Waals surface area contributed by atoms with E-state index >= 15 is 0 Å². The predicted molar refractivity (Wildman–Crippen MR) is 91.7 cm³/mol. The topological polar surface area (TPSA) is 69.7 Å². The number of piperidine rings is 2. The Kier molecular flexibility index (Phi) is 7.30. The zero-order valence-corrected chi connectivity index (χ0v) is 15.1. The molecular weight excluding hydrogens is 314 g/mol. The molecule has 0 spiro atoms. The van der Waals surface area contributed by atoms with E-state index in [-0.39, 0.29) is 17.6 Å². The Morgan fingerprint density at radius 3 is 2.57 bits per heavy atom. The monoisotopic (exact) mass is 345 g/mol. The van der Waals surface area contributed by atoms with Crippen molar-refractivity contribution < 1.29 is 13.2 Å². The first kappa shape index (κ1) is 18.7. The lowest BCUT2D eigenvalue weighted by molar-refractivity contribution is -0.126. The maximum absolute atomic E-state index is 12.3. The molecule has 1 atom stereocenters. The van der Waals surface area contributed by atoms with Crippen molar-refractivity contribution in [3.05, 3.63) is 0 Å². The molecule has 2 saturated heterocycles. The first-order valence-corrected chi connectivity index (χ1v) is 10.6. The lowest BCUT2D eigenvalue weighted by Gasteiger charge is -2.31. The Labute approximate surface area is 140 Å². The summed E-state index contributed by atoms with van der Waals surface area (Å²) >= 11 is 0. The molecule has 0 bridgehead atoms. The molecule has 0 aromatic heterocycles. The molecule has 0 saturated carbocycles. The second-order valence-electron chi connectivity index (χ2n) is 6.64. The van der Waals surface area contributed by atoms with Crippen molar-refractivity contribution in [3.8, 4) is 0 Å². The Bertz CT molecular complexity index is 475. The number of amides is 1. The van der Waals surface area contributed by atoms with Gasteiger partial charge in [0.15, 0.2) is 0 Å². The van der Waals surface area contributed by atoms with E-state index in [0.717, 1.165) is 25.8 Å². The normalized spacial score (nSPS) is 24.5. The van der Waals surface area contributed by atoms with Crippen LogP contribution in [0.25, 0.3) is 0 Å². The predicted octanol–water partition coefficient (Wildman–Crippen LogP) is 1.04. The molecule has 6 nitrogen and oxygen atoms in total. The number of nitrogens with one attached hydrogen (secondary N) is 1. The quantitative estimate of drug-likeness (QED) is 0.700. The highest BCUT2D eigenvalue weighted by Gasteiger charge is 2.31. The lowest BCUT2D eigenvalue weighted by Crippen LogP contribution is -2.46. The third-order valence-corrected chi connectivity index (χ3v) is 6.76. The van der Waals surface area contributed by atoms with Crippen LogP contribution in [-0.4, -0.2) is 68.6 Å². The average molecular weight is 346 g/mol. The van der Waals surface area contributed by atoms with Gasteiger partial charge in [-0.2, -0.15) is 0 Å². The van der Waals surface area contributed by atoms with E-state index in [0.29, 0.717) is 19.6 Å². The Morgan fingerprint density at radius 2 is 1.87 bits per heavy atom. The summed E-state index contributed by atoms with van der Waals surface area (Å²) in [6.45, 7) is 6.64. The standard InChI is InChI=1S/C16H31N3O3S/c1-2-23(21,22)19-13-6-8-15(14-19)16(20)17-9-7-12-18-10-4-3-5-11-18/h15H,2-14H2,1H3,(H,17,20)/t15-/m0/s1. The molecule has 2 aliphatic heterocycles. The minimum atomic E-state index is -3.18. The van der Waals surface area contributed by atoms with Gasteiger partial charge in [0.25, 0.3) is 0 Å². The molecule has 0 radical (unpaired) electrons. The molecule has 2 heterocycles. The van der Waals surface area contributed by atoms with Crippen molar-refractivity contribution in [3.63, 3.8) is 0 Å². The minimum absolute atomic E-state index is 0.0136. The Morgan fingerprint density at radius 1 is 1.13 bits per heavy atom. The van der Waals surface area contributed by atoms with Crippen LogP contribution >= 0.6 is 0 Å². The van der Waals surface area contributed by atoms with Gasteiger partial charge in [-0.3, -0.25) is 4.79 Å². The van der Waals surface area contributed by atoms with Crippen LogP contribution in [0.4, 0.5) is 0 Å². The summed E-state index contributed by atoms with van der Waals surface area (Å²) in [5, 5.41) is 2.99. The molecule has 2 fully saturated rings. The first-order chi connectivity index (χ1) is 11.0. The SMILES string of the molecule is CCS(=O)(=O)N1CCC[C@H](C(=O)NCCCN2CCCCC2)C1. The van der Waals surface area contributed by atoms with E-state index in [1.165, 1.54) is 36.7 Å². The molecule has 0 aromatic rings. The molecule has 7 heteroatoms. The van der Waals surface area contributed by atoms with Crippen molar-refractivity contribution in [1.82, 2.24) is 14.5 Å². The summed E-state index contributed by atoms with van der Waals surface area (Å²) < 4.78 is 25.4. The van der Waals surface area contributed by atoms with Crippen LogP contribution in [0.2, 0.25) is 0 Å². The van der Waals surface area contributed by atoms with Crippen LogP contribution in [0.1, 0.15) is 45.4 Å². The fraction of sp³-hybridized carbons (Fsp3) is 0.938. The lowest BCUT2D eigenvalue weighted by atomic mass is 9.99. The second kappa shape index (κ2) is 8.99. The van der Waals surface area contributed by atoms with Crippen LogP contribution in [0.3, 0.4) is 0 Å². The number of likely N-dealkylation sites (tertiary alicyclic amines) is 1. The fourth-order valence-corrected chi connectivity index (χ4v) is 4.61. The van der Waals surface area contributed by atoms with E-state index < -0.39 is 10.0 Å². The fourth-order valence-electron chi connectivity index (χ4n) is 3.43. The molecule has 2 rings (SSSR count). The highest BCUT2D eigenvalue weighted by atomic mass is 32.2. The number of sulfonamides is 1. The Hall–Kier alpha value is -0.660. The van der Waals surface area contributed by atoms with Gasteiger partial charge in [0, 0.05) is 19.6 Å². The van der Waals surface area contributed by atoms with Crippen LogP contribution in [0, 0.1) is 5.92 Å². The van der Waals surface area contributed by atoms with Gasteiger partial charge < -0.3 is 10.2 Å². The van der Waals surface area contributed by atoms with E-state index in [9.17, 15) is 13.2 Å². The van der Waals surface area contributed by atoms with Crippen molar-refractivity contribution in [2.45, 2.75) is 45.4 Å². The van der Waals surface area contributed by atoms with Gasteiger partial charge in [0.05, 0.1) is 11.7 Å². The van der Waals surface area contributed by atoms with E-state index in [1.807, 2.05) is 0 Å². The molecule has 1 N–H and O–H groups in total. The second-order valence-corrected chi connectivity index (χ2v) is 8.90. The zero-order valence-electron chi connectivity index (χ0n) is 14.3. The number of hydrogen-bond acceptors (Lipinski definition) is 4. The van der Waals surface area contributed by atoms with Crippen LogP contribution < -0.4 is 5.32 Å². The molecule has 1 amide bonds. The molecule has 2 aliphatic rings. The molecule has 23 heavy (non-hydrogen) atoms. The van der Waals surface area contributed by atoms with E-state index in [4.69, 9.17) is 0 Å². The van der Waals surface area contributed by atoms with Crippen LogP contribution in [0.5, 0.6) is 0 Å². The summed E-state index contributed by atoms with van der Waals surface area (Å²) in [5.74, 6) is -0.0725.